The smallest absolute Gasteiger partial charge is 0.325 e. The molecular weight excluding hydrogens is 344 g/mol. The Morgan fingerprint density at radius 1 is 1.11 bits per heavy atom. The quantitative estimate of drug-likeness (QED) is 0.756. The summed E-state index contributed by atoms with van der Waals surface area (Å²) < 4.78 is 0. The Morgan fingerprint density at radius 2 is 1.85 bits per heavy atom. The normalized spacial score (nSPS) is 29.1. The van der Waals surface area contributed by atoms with Crippen LogP contribution in [0.15, 0.2) is 0 Å². The van der Waals surface area contributed by atoms with Crippen molar-refractivity contribution in [2.45, 2.75) is 69.9 Å². The minimum Gasteiger partial charge on any atom is -0.340 e. The summed E-state index contributed by atoms with van der Waals surface area (Å²) in [5.74, 6) is 0.327. The van der Waals surface area contributed by atoms with Crippen LogP contribution in [0.5, 0.6) is 0 Å². The second-order valence-electron chi connectivity index (χ2n) is 8.74. The Morgan fingerprint density at radius 3 is 2.48 bits per heavy atom. The molecule has 1 N–H and O–H groups in total. The van der Waals surface area contributed by atoms with E-state index in [0.29, 0.717) is 19.4 Å². The van der Waals surface area contributed by atoms with E-state index in [9.17, 15) is 14.4 Å². The van der Waals surface area contributed by atoms with Gasteiger partial charge in [-0.2, -0.15) is 0 Å². The summed E-state index contributed by atoms with van der Waals surface area (Å²) in [4.78, 5) is 44.3. The van der Waals surface area contributed by atoms with Gasteiger partial charge >= 0.3 is 6.03 Å². The highest BCUT2D eigenvalue weighted by atomic mass is 16.2. The van der Waals surface area contributed by atoms with Crippen molar-refractivity contribution in [3.8, 4) is 0 Å². The molecule has 7 heteroatoms. The molecule has 4 fully saturated rings. The van der Waals surface area contributed by atoms with Gasteiger partial charge in [-0.3, -0.25) is 14.5 Å². The fourth-order valence-corrected chi connectivity index (χ4v) is 5.07. The van der Waals surface area contributed by atoms with E-state index in [2.05, 4.69) is 17.1 Å². The van der Waals surface area contributed by atoms with E-state index in [1.807, 2.05) is 4.90 Å². The summed E-state index contributed by atoms with van der Waals surface area (Å²) in [6, 6.07) is -0.435. The molecule has 4 amide bonds. The first-order valence-electron chi connectivity index (χ1n) is 10.7. The van der Waals surface area contributed by atoms with Gasteiger partial charge in [-0.15, -0.1) is 0 Å². The van der Waals surface area contributed by atoms with Gasteiger partial charge < -0.3 is 15.1 Å². The van der Waals surface area contributed by atoms with Crippen molar-refractivity contribution in [3.63, 3.8) is 0 Å². The molecule has 4 rings (SSSR count). The zero-order chi connectivity index (χ0) is 19.0. The maximum atomic E-state index is 13.3. The number of hydrogen-bond acceptors (Lipinski definition) is 4. The van der Waals surface area contributed by atoms with Crippen molar-refractivity contribution in [3.05, 3.63) is 0 Å². The second-order valence-corrected chi connectivity index (χ2v) is 8.74. The number of urea groups is 1. The van der Waals surface area contributed by atoms with Crippen LogP contribution in [-0.4, -0.2) is 76.8 Å². The van der Waals surface area contributed by atoms with Crippen molar-refractivity contribution < 1.29 is 14.4 Å². The molecular formula is C20H32N4O3. The number of likely N-dealkylation sites (tertiary alicyclic amines) is 2. The number of carbonyl (C=O) groups is 3. The van der Waals surface area contributed by atoms with Gasteiger partial charge in [0, 0.05) is 32.1 Å². The lowest BCUT2D eigenvalue weighted by atomic mass is 9.83. The van der Waals surface area contributed by atoms with Crippen LogP contribution in [0, 0.1) is 5.92 Å². The summed E-state index contributed by atoms with van der Waals surface area (Å²) in [5.41, 5.74) is -0.721. The lowest BCUT2D eigenvalue weighted by molar-refractivity contribution is -0.143. The first-order chi connectivity index (χ1) is 13.0. The van der Waals surface area contributed by atoms with Crippen LogP contribution in [0.4, 0.5) is 4.79 Å². The van der Waals surface area contributed by atoms with Gasteiger partial charge in [0.05, 0.1) is 6.04 Å². The van der Waals surface area contributed by atoms with Crippen LogP contribution in [-0.2, 0) is 9.59 Å². The third-order valence-electron chi connectivity index (χ3n) is 6.97. The molecule has 0 aromatic carbocycles. The summed E-state index contributed by atoms with van der Waals surface area (Å²) >= 11 is 0. The maximum Gasteiger partial charge on any atom is 0.325 e. The predicted molar refractivity (Wildman–Crippen MR) is 101 cm³/mol. The molecule has 1 spiro atoms. The Labute approximate surface area is 161 Å². The van der Waals surface area contributed by atoms with Crippen LogP contribution in [0.3, 0.4) is 0 Å². The third-order valence-corrected chi connectivity index (χ3v) is 6.97. The lowest BCUT2D eigenvalue weighted by Gasteiger charge is -2.40. The second kappa shape index (κ2) is 7.41. The highest BCUT2D eigenvalue weighted by molar-refractivity contribution is 6.07. The topological polar surface area (TPSA) is 73.0 Å². The van der Waals surface area contributed by atoms with E-state index in [1.165, 1.54) is 4.90 Å². The van der Waals surface area contributed by atoms with E-state index in [4.69, 9.17) is 0 Å². The molecule has 0 radical (unpaired) electrons. The molecule has 0 unspecified atom stereocenters. The molecule has 3 heterocycles. The van der Waals surface area contributed by atoms with E-state index >= 15 is 0 Å². The lowest BCUT2D eigenvalue weighted by Crippen LogP contribution is -2.56. The van der Waals surface area contributed by atoms with Crippen LogP contribution < -0.4 is 5.32 Å². The van der Waals surface area contributed by atoms with Crippen molar-refractivity contribution in [2.75, 3.05) is 32.7 Å². The number of nitrogens with zero attached hydrogens (tertiary/aromatic N) is 3. The number of nitrogens with one attached hydrogen (secondary N) is 1. The van der Waals surface area contributed by atoms with Crippen LogP contribution >= 0.6 is 0 Å². The molecule has 3 saturated heterocycles. The van der Waals surface area contributed by atoms with Gasteiger partial charge in [0.25, 0.3) is 5.91 Å². The number of carbonyl (C=O) groups excluding carboxylic acids is 3. The number of imide groups is 1. The van der Waals surface area contributed by atoms with Crippen molar-refractivity contribution in [2.24, 2.45) is 5.92 Å². The summed E-state index contributed by atoms with van der Waals surface area (Å²) in [6.45, 7) is 6.17. The van der Waals surface area contributed by atoms with Gasteiger partial charge in [0.1, 0.15) is 5.54 Å². The minimum absolute atomic E-state index is 0.0633. The minimum atomic E-state index is -0.721. The molecule has 27 heavy (non-hydrogen) atoms. The molecule has 150 valence electrons. The van der Waals surface area contributed by atoms with Crippen molar-refractivity contribution >= 4 is 17.8 Å². The highest BCUT2D eigenvalue weighted by Crippen LogP contribution is 2.34. The first-order valence-corrected chi connectivity index (χ1v) is 10.7. The average Bonchev–Trinajstić information content (AvgIpc) is 2.86. The summed E-state index contributed by atoms with van der Waals surface area (Å²) in [7, 11) is 0. The molecule has 1 atom stereocenters. The predicted octanol–water partition coefficient (Wildman–Crippen LogP) is 1.57. The molecule has 1 saturated carbocycles. The van der Waals surface area contributed by atoms with E-state index in [1.54, 1.807) is 0 Å². The van der Waals surface area contributed by atoms with Gasteiger partial charge in [0.2, 0.25) is 5.91 Å². The monoisotopic (exact) mass is 376 g/mol. The van der Waals surface area contributed by atoms with Crippen LogP contribution in [0.1, 0.15) is 58.3 Å². The van der Waals surface area contributed by atoms with Crippen LogP contribution in [0.2, 0.25) is 0 Å². The van der Waals surface area contributed by atoms with Gasteiger partial charge in [0.15, 0.2) is 0 Å². The van der Waals surface area contributed by atoms with Gasteiger partial charge in [-0.05, 0) is 51.5 Å². The Kier molecular flexibility index (Phi) is 5.14. The summed E-state index contributed by atoms with van der Waals surface area (Å²) in [5, 5.41) is 3.03. The van der Waals surface area contributed by atoms with Crippen molar-refractivity contribution in [1.82, 2.24) is 20.0 Å². The number of rotatable bonds is 4. The van der Waals surface area contributed by atoms with Crippen LogP contribution in [0.25, 0.3) is 0 Å². The van der Waals surface area contributed by atoms with E-state index in [-0.39, 0.29) is 29.8 Å². The van der Waals surface area contributed by atoms with Crippen molar-refractivity contribution in [1.29, 1.82) is 0 Å². The molecule has 3 aliphatic heterocycles. The Balaban J connectivity index is 1.42. The molecule has 0 aromatic heterocycles. The fraction of sp³-hybridized carbons (Fsp3) is 0.850. The molecule has 1 aliphatic carbocycles. The average molecular weight is 377 g/mol. The summed E-state index contributed by atoms with van der Waals surface area (Å²) in [6.07, 6.45) is 7.24. The maximum absolute atomic E-state index is 13.3. The fourth-order valence-electron chi connectivity index (χ4n) is 5.07. The largest absolute Gasteiger partial charge is 0.340 e. The molecule has 0 aromatic rings. The SMILES string of the molecule is CCCN1CCC2(CC1)NC(=O)N([C@@H]1CCCN(C(=O)C3CCC3)C1)C2=O. The standard InChI is InChI=1S/C20H32N4O3/c1-2-10-22-12-8-20(9-13-22)18(26)24(19(27)21-20)16-7-4-11-23(14-16)17(25)15-5-3-6-15/h15-16H,2-14H2,1H3,(H,21,27)/t16-/m1/s1. The van der Waals surface area contributed by atoms with E-state index in [0.717, 1.165) is 64.7 Å². The number of amides is 4. The zero-order valence-corrected chi connectivity index (χ0v) is 16.4. The van der Waals surface area contributed by atoms with Gasteiger partial charge in [-0.1, -0.05) is 13.3 Å². The van der Waals surface area contributed by atoms with E-state index < -0.39 is 5.54 Å². The number of piperidine rings is 2. The van der Waals surface area contributed by atoms with Gasteiger partial charge in [-0.25, -0.2) is 4.79 Å². The first kappa shape index (κ1) is 18.7. The Bertz CT molecular complexity index is 610. The molecule has 7 nitrogen and oxygen atoms in total. The molecule has 4 aliphatic rings. The molecule has 0 bridgehead atoms. The zero-order valence-electron chi connectivity index (χ0n) is 16.4. The highest BCUT2D eigenvalue weighted by Gasteiger charge is 2.54. The third kappa shape index (κ3) is 3.35. The Hall–Kier alpha value is -1.63. The number of hydrogen-bond donors (Lipinski definition) is 1.